The zero-order chi connectivity index (χ0) is 17.8. The summed E-state index contributed by atoms with van der Waals surface area (Å²) >= 11 is 0. The van der Waals surface area contributed by atoms with Crippen molar-refractivity contribution in [1.82, 2.24) is 20.0 Å². The number of amides is 2. The van der Waals surface area contributed by atoms with E-state index in [1.165, 1.54) is 19.3 Å². The van der Waals surface area contributed by atoms with Crippen molar-refractivity contribution in [3.05, 3.63) is 12.3 Å². The molecule has 0 bridgehead atoms. The number of nitrogens with one attached hydrogen (secondary N) is 2. The van der Waals surface area contributed by atoms with Crippen molar-refractivity contribution in [2.45, 2.75) is 70.2 Å². The first-order chi connectivity index (χ1) is 12.1. The molecule has 2 amide bonds. The molecule has 2 atom stereocenters. The van der Waals surface area contributed by atoms with Gasteiger partial charge in [0.25, 0.3) is 0 Å². The zero-order valence-corrected chi connectivity index (χ0v) is 15.6. The lowest BCUT2D eigenvalue weighted by Crippen LogP contribution is -2.45. The number of methoxy groups -OCH3 is 1. The molecule has 2 N–H and O–H groups in total. The third-order valence-electron chi connectivity index (χ3n) is 5.48. The van der Waals surface area contributed by atoms with Crippen LogP contribution >= 0.6 is 0 Å². The first-order valence-electron chi connectivity index (χ1n) is 9.46. The second kappa shape index (κ2) is 8.19. The van der Waals surface area contributed by atoms with Crippen LogP contribution in [0.15, 0.2) is 12.3 Å². The maximum absolute atomic E-state index is 12.5. The highest BCUT2D eigenvalue weighted by molar-refractivity contribution is 5.88. The molecule has 2 aliphatic rings. The smallest absolute Gasteiger partial charge is 0.320 e. The number of hydrogen-bond donors (Lipinski definition) is 2. The van der Waals surface area contributed by atoms with Gasteiger partial charge >= 0.3 is 6.03 Å². The summed E-state index contributed by atoms with van der Waals surface area (Å²) in [5.41, 5.74) is 0. The first-order valence-corrected chi connectivity index (χ1v) is 9.46. The Hall–Kier alpha value is -1.60. The molecule has 7 heteroatoms. The summed E-state index contributed by atoms with van der Waals surface area (Å²) in [7, 11) is 1.71. The van der Waals surface area contributed by atoms with Gasteiger partial charge in [-0.3, -0.25) is 10.2 Å². The molecular weight excluding hydrogens is 318 g/mol. The molecule has 25 heavy (non-hydrogen) atoms. The molecule has 3 rings (SSSR count). The zero-order valence-electron chi connectivity index (χ0n) is 15.6. The Morgan fingerprint density at radius 1 is 1.28 bits per heavy atom. The number of hydrogen-bond acceptors (Lipinski definition) is 4. The summed E-state index contributed by atoms with van der Waals surface area (Å²) in [6.45, 7) is 5.99. The molecule has 2 fully saturated rings. The Balaban J connectivity index is 1.58. The van der Waals surface area contributed by atoms with Crippen molar-refractivity contribution in [2.75, 3.05) is 25.5 Å². The fourth-order valence-corrected chi connectivity index (χ4v) is 3.95. The highest BCUT2D eigenvalue weighted by atomic mass is 16.5. The van der Waals surface area contributed by atoms with Gasteiger partial charge in [-0.1, -0.05) is 19.3 Å². The van der Waals surface area contributed by atoms with E-state index in [1.54, 1.807) is 13.3 Å². The van der Waals surface area contributed by atoms with E-state index in [-0.39, 0.29) is 18.2 Å². The lowest BCUT2D eigenvalue weighted by Gasteiger charge is -2.24. The van der Waals surface area contributed by atoms with Crippen molar-refractivity contribution in [1.29, 1.82) is 0 Å². The average Bonchev–Trinajstić information content (AvgIpc) is 3.22. The summed E-state index contributed by atoms with van der Waals surface area (Å²) < 4.78 is 7.53. The molecule has 1 saturated heterocycles. The molecule has 0 unspecified atom stereocenters. The van der Waals surface area contributed by atoms with Crippen LogP contribution in [0, 0.1) is 0 Å². The molecule has 7 nitrogen and oxygen atoms in total. The van der Waals surface area contributed by atoms with Crippen LogP contribution in [-0.4, -0.2) is 59.1 Å². The summed E-state index contributed by atoms with van der Waals surface area (Å²) in [6, 6.07) is 2.53. The van der Waals surface area contributed by atoms with Gasteiger partial charge in [0, 0.05) is 32.3 Å². The molecule has 1 saturated carbocycles. The Morgan fingerprint density at radius 3 is 2.72 bits per heavy atom. The van der Waals surface area contributed by atoms with Gasteiger partial charge in [0.05, 0.1) is 24.4 Å². The molecule has 1 aliphatic carbocycles. The van der Waals surface area contributed by atoms with E-state index in [0.29, 0.717) is 12.1 Å². The van der Waals surface area contributed by atoms with E-state index in [1.807, 2.05) is 10.7 Å². The second-order valence-electron chi connectivity index (χ2n) is 7.48. The minimum Gasteiger partial charge on any atom is -0.378 e. The molecular formula is C18H31N5O2. The Bertz CT molecular complexity index is 568. The van der Waals surface area contributed by atoms with E-state index in [0.717, 1.165) is 31.7 Å². The van der Waals surface area contributed by atoms with E-state index in [2.05, 4.69) is 34.5 Å². The van der Waals surface area contributed by atoms with Gasteiger partial charge in [0.2, 0.25) is 0 Å². The van der Waals surface area contributed by atoms with E-state index in [9.17, 15) is 4.79 Å². The molecule has 1 aromatic heterocycles. The van der Waals surface area contributed by atoms with Gasteiger partial charge in [-0.2, -0.15) is 5.10 Å². The van der Waals surface area contributed by atoms with Crippen molar-refractivity contribution in [3.8, 4) is 0 Å². The Morgan fingerprint density at radius 2 is 2.04 bits per heavy atom. The van der Waals surface area contributed by atoms with Gasteiger partial charge in [0.15, 0.2) is 0 Å². The molecule has 0 aromatic carbocycles. The van der Waals surface area contributed by atoms with Crippen LogP contribution in [0.5, 0.6) is 0 Å². The van der Waals surface area contributed by atoms with E-state index < -0.39 is 0 Å². The van der Waals surface area contributed by atoms with E-state index in [4.69, 9.17) is 4.74 Å². The lowest BCUT2D eigenvalue weighted by molar-refractivity contribution is 0.0896. The molecule has 0 radical (unpaired) electrons. The number of rotatable bonds is 5. The summed E-state index contributed by atoms with van der Waals surface area (Å²) in [5, 5.41) is 10.5. The number of carbonyl (C=O) groups is 1. The standard InChI is InChI=1S/C18H31N5O2/c1-13(2)22-11-15(16(12-22)25-3)20-18(24)21-17-9-10-19-23(17)14-7-5-4-6-8-14/h9-10,13-16H,4-8,11-12H2,1-3H3,(H2,20,21,24)/t15-,16-/m1/s1. The lowest BCUT2D eigenvalue weighted by atomic mass is 9.96. The highest BCUT2D eigenvalue weighted by Crippen LogP contribution is 2.29. The van der Waals surface area contributed by atoms with Crippen LogP contribution < -0.4 is 10.6 Å². The van der Waals surface area contributed by atoms with Crippen LogP contribution in [-0.2, 0) is 4.74 Å². The topological polar surface area (TPSA) is 71.4 Å². The van der Waals surface area contributed by atoms with Gasteiger partial charge in [-0.05, 0) is 26.7 Å². The van der Waals surface area contributed by atoms with Crippen LogP contribution in [0.4, 0.5) is 10.6 Å². The number of aromatic nitrogens is 2. The Labute approximate surface area is 150 Å². The number of urea groups is 1. The summed E-state index contributed by atoms with van der Waals surface area (Å²) in [4.78, 5) is 14.8. The Kier molecular flexibility index (Phi) is 5.96. The highest BCUT2D eigenvalue weighted by Gasteiger charge is 2.35. The van der Waals surface area contributed by atoms with Crippen molar-refractivity contribution in [3.63, 3.8) is 0 Å². The quantitative estimate of drug-likeness (QED) is 0.857. The number of carbonyl (C=O) groups excluding carboxylic acids is 1. The maximum Gasteiger partial charge on any atom is 0.320 e. The predicted octanol–water partition coefficient (Wildman–Crippen LogP) is 2.62. The van der Waals surface area contributed by atoms with Crippen LogP contribution in [0.2, 0.25) is 0 Å². The predicted molar refractivity (Wildman–Crippen MR) is 97.8 cm³/mol. The minimum absolute atomic E-state index is 0.00143. The van der Waals surface area contributed by atoms with Gasteiger partial charge < -0.3 is 10.1 Å². The van der Waals surface area contributed by atoms with Gasteiger partial charge in [0.1, 0.15) is 5.82 Å². The normalized spacial score (nSPS) is 25.4. The van der Waals surface area contributed by atoms with Gasteiger partial charge in [-0.25, -0.2) is 9.48 Å². The number of ether oxygens (including phenoxy) is 1. The van der Waals surface area contributed by atoms with E-state index >= 15 is 0 Å². The maximum atomic E-state index is 12.5. The van der Waals surface area contributed by atoms with Crippen LogP contribution in [0.1, 0.15) is 52.0 Å². The molecule has 140 valence electrons. The van der Waals surface area contributed by atoms with Crippen LogP contribution in [0.3, 0.4) is 0 Å². The number of likely N-dealkylation sites (tertiary alicyclic amines) is 1. The fraction of sp³-hybridized carbons (Fsp3) is 0.778. The van der Waals surface area contributed by atoms with Crippen LogP contribution in [0.25, 0.3) is 0 Å². The number of nitrogens with zero attached hydrogens (tertiary/aromatic N) is 3. The van der Waals surface area contributed by atoms with Crippen molar-refractivity contribution >= 4 is 11.8 Å². The third-order valence-corrected chi connectivity index (χ3v) is 5.48. The fourth-order valence-electron chi connectivity index (χ4n) is 3.95. The summed E-state index contributed by atoms with van der Waals surface area (Å²) in [5.74, 6) is 0.775. The monoisotopic (exact) mass is 349 g/mol. The second-order valence-corrected chi connectivity index (χ2v) is 7.48. The molecule has 1 aromatic rings. The first kappa shape index (κ1) is 18.2. The SMILES string of the molecule is CO[C@@H]1CN(C(C)C)C[C@H]1NC(=O)Nc1ccnn1C1CCCCC1. The molecule has 2 heterocycles. The molecule has 0 spiro atoms. The largest absolute Gasteiger partial charge is 0.378 e. The van der Waals surface area contributed by atoms with Gasteiger partial charge in [-0.15, -0.1) is 0 Å². The van der Waals surface area contributed by atoms with Crippen molar-refractivity contribution < 1.29 is 9.53 Å². The van der Waals surface area contributed by atoms with Crippen molar-refractivity contribution in [2.24, 2.45) is 0 Å². The average molecular weight is 349 g/mol. The third kappa shape index (κ3) is 4.33. The summed E-state index contributed by atoms with van der Waals surface area (Å²) in [6.07, 6.45) is 7.82. The number of anilines is 1. The molecule has 1 aliphatic heterocycles. The minimum atomic E-state index is -0.185.